The van der Waals surface area contributed by atoms with Crippen LogP contribution in [0.25, 0.3) is 27.7 Å². The molecule has 5 heterocycles. The predicted octanol–water partition coefficient (Wildman–Crippen LogP) is 4.24. The molecule has 0 bridgehead atoms. The number of halogens is 3. The third-order valence-electron chi connectivity index (χ3n) is 7.71. The normalized spacial score (nSPS) is 20.1. The topological polar surface area (TPSA) is 52.8 Å². The molecule has 0 unspecified atom stereocenters. The highest BCUT2D eigenvalue weighted by molar-refractivity contribution is 5.98. The summed E-state index contributed by atoms with van der Waals surface area (Å²) in [5, 5.41) is 5.41. The Hall–Kier alpha value is -3.24. The summed E-state index contributed by atoms with van der Waals surface area (Å²) in [7, 11) is 1.77. The first kappa shape index (κ1) is 24.1. The smallest absolute Gasteiger partial charge is 0.272 e. The summed E-state index contributed by atoms with van der Waals surface area (Å²) in [5.41, 5.74) is 4.59. The highest BCUT2D eigenvalue weighted by Gasteiger charge is 2.38. The maximum Gasteiger partial charge on any atom is 0.272 e. The van der Waals surface area contributed by atoms with Crippen LogP contribution in [0, 0.1) is 12.7 Å². The lowest BCUT2D eigenvalue weighted by Gasteiger charge is -2.39. The van der Waals surface area contributed by atoms with E-state index in [0.29, 0.717) is 29.8 Å². The summed E-state index contributed by atoms with van der Waals surface area (Å²) in [6.07, 6.45) is 8.94. The maximum atomic E-state index is 14.3. The van der Waals surface area contributed by atoms with Crippen LogP contribution in [0.1, 0.15) is 18.4 Å². The summed E-state index contributed by atoms with van der Waals surface area (Å²) in [4.78, 5) is 15.0. The Kier molecular flexibility index (Phi) is 6.03. The molecule has 2 aliphatic rings. The van der Waals surface area contributed by atoms with Crippen LogP contribution in [0.15, 0.2) is 43.0 Å². The van der Waals surface area contributed by atoms with E-state index in [1.807, 2.05) is 29.4 Å². The number of rotatable bonds is 3. The van der Waals surface area contributed by atoms with Crippen molar-refractivity contribution in [2.75, 3.05) is 51.2 Å². The fourth-order valence-corrected chi connectivity index (χ4v) is 5.73. The molecular formula is C27H30F3N7. The largest absolute Gasteiger partial charge is 0.369 e. The van der Waals surface area contributed by atoms with Crippen LogP contribution in [0.5, 0.6) is 0 Å². The molecule has 0 saturated carbocycles. The Morgan fingerprint density at radius 1 is 0.973 bits per heavy atom. The number of aryl methyl sites for hydroxylation is 1. The van der Waals surface area contributed by atoms with Gasteiger partial charge in [-0.15, -0.1) is 0 Å². The van der Waals surface area contributed by atoms with Crippen molar-refractivity contribution in [1.29, 1.82) is 0 Å². The zero-order chi connectivity index (χ0) is 25.7. The summed E-state index contributed by atoms with van der Waals surface area (Å²) in [6, 6.07) is 5.34. The van der Waals surface area contributed by atoms with Gasteiger partial charge in [0.1, 0.15) is 5.82 Å². The molecule has 3 aromatic heterocycles. The van der Waals surface area contributed by atoms with Gasteiger partial charge in [0.15, 0.2) is 5.65 Å². The molecule has 4 aromatic rings. The van der Waals surface area contributed by atoms with Crippen LogP contribution in [0.3, 0.4) is 0 Å². The first-order valence-corrected chi connectivity index (χ1v) is 12.7. The van der Waals surface area contributed by atoms with Gasteiger partial charge >= 0.3 is 0 Å². The van der Waals surface area contributed by atoms with E-state index in [9.17, 15) is 13.2 Å². The molecule has 0 atom stereocenters. The Labute approximate surface area is 213 Å². The first-order chi connectivity index (χ1) is 17.8. The molecule has 0 N–H and O–H groups in total. The van der Waals surface area contributed by atoms with Gasteiger partial charge in [-0.25, -0.2) is 22.7 Å². The Balaban J connectivity index is 1.21. The molecule has 0 aliphatic carbocycles. The van der Waals surface area contributed by atoms with Gasteiger partial charge in [0.2, 0.25) is 0 Å². The standard InChI is InChI=1S/C27H30F3N7/c1-18-11-22-21(3-6-31-25(22)12-24(18)28)23-14-33-37-15-20(13-32-26(23)37)35-7-4-19(5-8-35)36-10-9-34(2)16-27(29,30)17-36/h3,6,11-15,19H,4-5,7-10,16-17H2,1-2H3. The molecule has 0 radical (unpaired) electrons. The highest BCUT2D eigenvalue weighted by Crippen LogP contribution is 2.32. The van der Waals surface area contributed by atoms with Crippen molar-refractivity contribution < 1.29 is 13.2 Å². The number of hydrogen-bond acceptors (Lipinski definition) is 6. The van der Waals surface area contributed by atoms with Crippen molar-refractivity contribution in [1.82, 2.24) is 29.4 Å². The van der Waals surface area contributed by atoms with Gasteiger partial charge in [0.25, 0.3) is 5.92 Å². The SMILES string of the molecule is Cc1cc2c(-c3cnn4cc(N5CCC(N6CCN(C)CC(F)(F)C6)CC5)cnc34)ccnc2cc1F. The molecule has 2 saturated heterocycles. The molecule has 37 heavy (non-hydrogen) atoms. The maximum absolute atomic E-state index is 14.3. The number of aromatic nitrogens is 4. The Morgan fingerprint density at radius 3 is 2.59 bits per heavy atom. The van der Waals surface area contributed by atoms with E-state index >= 15 is 0 Å². The van der Waals surface area contributed by atoms with E-state index in [1.54, 1.807) is 35.8 Å². The third kappa shape index (κ3) is 4.64. The molecule has 0 amide bonds. The number of anilines is 1. The number of piperidine rings is 1. The molecule has 6 rings (SSSR count). The summed E-state index contributed by atoms with van der Waals surface area (Å²) in [6.45, 7) is 4.31. The summed E-state index contributed by atoms with van der Waals surface area (Å²) in [5.74, 6) is -2.96. The molecule has 1 aromatic carbocycles. The molecule has 194 valence electrons. The molecule has 2 fully saturated rings. The summed E-state index contributed by atoms with van der Waals surface area (Å²) < 4.78 is 44.5. The number of fused-ring (bicyclic) bond motifs is 2. The number of benzene rings is 1. The minimum Gasteiger partial charge on any atom is -0.369 e. The quantitative estimate of drug-likeness (QED) is 0.412. The second kappa shape index (κ2) is 9.25. The summed E-state index contributed by atoms with van der Waals surface area (Å²) >= 11 is 0. The minimum atomic E-state index is -2.68. The van der Waals surface area contributed by atoms with Crippen LogP contribution in [0.2, 0.25) is 0 Å². The van der Waals surface area contributed by atoms with Gasteiger partial charge in [-0.2, -0.15) is 5.10 Å². The predicted molar refractivity (Wildman–Crippen MR) is 138 cm³/mol. The van der Waals surface area contributed by atoms with Crippen molar-refractivity contribution >= 4 is 22.2 Å². The highest BCUT2D eigenvalue weighted by atomic mass is 19.3. The van der Waals surface area contributed by atoms with Gasteiger partial charge in [0.05, 0.1) is 42.9 Å². The number of nitrogens with zero attached hydrogens (tertiary/aromatic N) is 7. The minimum absolute atomic E-state index is 0.162. The molecule has 2 aliphatic heterocycles. The Bertz CT molecular complexity index is 1440. The van der Waals surface area contributed by atoms with Crippen LogP contribution in [-0.2, 0) is 0 Å². The van der Waals surface area contributed by atoms with E-state index in [-0.39, 0.29) is 24.9 Å². The van der Waals surface area contributed by atoms with Crippen molar-refractivity contribution in [3.8, 4) is 11.1 Å². The Morgan fingerprint density at radius 2 is 1.78 bits per heavy atom. The van der Waals surface area contributed by atoms with E-state index in [1.165, 1.54) is 6.07 Å². The lowest BCUT2D eigenvalue weighted by atomic mass is 10.0. The van der Waals surface area contributed by atoms with Gasteiger partial charge in [-0.3, -0.25) is 14.8 Å². The van der Waals surface area contributed by atoms with Crippen LogP contribution >= 0.6 is 0 Å². The molecule has 7 nitrogen and oxygen atoms in total. The van der Waals surface area contributed by atoms with Gasteiger partial charge < -0.3 is 4.90 Å². The van der Waals surface area contributed by atoms with E-state index < -0.39 is 5.92 Å². The van der Waals surface area contributed by atoms with Crippen LogP contribution < -0.4 is 4.90 Å². The number of alkyl halides is 2. The first-order valence-electron chi connectivity index (χ1n) is 12.7. The lowest BCUT2D eigenvalue weighted by Crippen LogP contribution is -2.49. The third-order valence-corrected chi connectivity index (χ3v) is 7.71. The van der Waals surface area contributed by atoms with Gasteiger partial charge in [-0.05, 0) is 50.1 Å². The van der Waals surface area contributed by atoms with E-state index in [2.05, 4.69) is 15.0 Å². The lowest BCUT2D eigenvalue weighted by molar-refractivity contribution is -0.0428. The van der Waals surface area contributed by atoms with Crippen molar-refractivity contribution in [2.24, 2.45) is 0 Å². The van der Waals surface area contributed by atoms with E-state index in [0.717, 1.165) is 48.1 Å². The van der Waals surface area contributed by atoms with Crippen molar-refractivity contribution in [3.63, 3.8) is 0 Å². The van der Waals surface area contributed by atoms with Crippen LogP contribution in [-0.4, -0.2) is 87.7 Å². The van der Waals surface area contributed by atoms with Crippen molar-refractivity contribution in [3.05, 3.63) is 54.4 Å². The van der Waals surface area contributed by atoms with Crippen molar-refractivity contribution in [2.45, 2.75) is 31.7 Å². The zero-order valence-corrected chi connectivity index (χ0v) is 21.0. The fourth-order valence-electron chi connectivity index (χ4n) is 5.73. The number of pyridine rings is 1. The fraction of sp³-hybridized carbons (Fsp3) is 0.444. The zero-order valence-electron chi connectivity index (χ0n) is 21.0. The van der Waals surface area contributed by atoms with Gasteiger partial charge in [0, 0.05) is 55.4 Å². The number of likely N-dealkylation sites (N-methyl/N-ethyl adjacent to an activating group) is 1. The molecular weight excluding hydrogens is 479 g/mol. The monoisotopic (exact) mass is 509 g/mol. The average molecular weight is 510 g/mol. The van der Waals surface area contributed by atoms with Gasteiger partial charge in [-0.1, -0.05) is 0 Å². The average Bonchev–Trinajstić information content (AvgIpc) is 3.23. The molecule has 10 heteroatoms. The van der Waals surface area contributed by atoms with Crippen LogP contribution in [0.4, 0.5) is 18.9 Å². The second-order valence-electron chi connectivity index (χ2n) is 10.4. The number of hydrogen-bond donors (Lipinski definition) is 0. The molecule has 0 spiro atoms. The second-order valence-corrected chi connectivity index (χ2v) is 10.4. The van der Waals surface area contributed by atoms with E-state index in [4.69, 9.17) is 4.98 Å².